The number of oxime groups is 1. The molecule has 2 heterocycles. The maximum atomic E-state index is 6.33. The molecule has 2 aliphatic heterocycles. The lowest BCUT2D eigenvalue weighted by atomic mass is 10.0. The summed E-state index contributed by atoms with van der Waals surface area (Å²) in [6.45, 7) is 5.36. The molecule has 0 aromatic heterocycles. The van der Waals surface area contributed by atoms with E-state index in [0.717, 1.165) is 68.4 Å². The summed E-state index contributed by atoms with van der Waals surface area (Å²) in [5.41, 5.74) is 3.41. The molecule has 2 aliphatic rings. The smallest absolute Gasteiger partial charge is 0.133 e. The Bertz CT molecular complexity index is 772. The van der Waals surface area contributed by atoms with Gasteiger partial charge in [-0.2, -0.15) is 0 Å². The predicted molar refractivity (Wildman–Crippen MR) is 112 cm³/mol. The molecule has 1 fully saturated rings. The highest BCUT2D eigenvalue weighted by Crippen LogP contribution is 2.26. The fourth-order valence-electron chi connectivity index (χ4n) is 3.85. The zero-order valence-electron chi connectivity index (χ0n) is 15.6. The van der Waals surface area contributed by atoms with E-state index >= 15 is 0 Å². The van der Waals surface area contributed by atoms with Crippen molar-refractivity contribution in [3.05, 3.63) is 65.2 Å². The summed E-state index contributed by atoms with van der Waals surface area (Å²) in [7, 11) is 0. The van der Waals surface area contributed by atoms with Gasteiger partial charge >= 0.3 is 0 Å². The van der Waals surface area contributed by atoms with Crippen LogP contribution in [0.5, 0.6) is 0 Å². The number of halogens is 1. The molecule has 0 spiro atoms. The van der Waals surface area contributed by atoms with E-state index in [1.807, 2.05) is 30.3 Å². The van der Waals surface area contributed by atoms with Crippen LogP contribution in [-0.2, 0) is 4.84 Å². The Labute approximate surface area is 166 Å². The standard InChI is InChI=1S/C22H26ClN3O/c23-20-10-4-5-11-22(20)26-15-13-25(14-16-26)12-6-9-19-17-21(24-27-19)18-7-2-1-3-8-18/h1-5,7-8,10-11,19H,6,9,12-17H2. The molecule has 4 rings (SSSR count). The predicted octanol–water partition coefficient (Wildman–Crippen LogP) is 4.44. The average molecular weight is 384 g/mol. The number of benzene rings is 2. The van der Waals surface area contributed by atoms with Gasteiger partial charge in [0.1, 0.15) is 6.10 Å². The maximum Gasteiger partial charge on any atom is 0.133 e. The summed E-state index contributed by atoms with van der Waals surface area (Å²) >= 11 is 6.33. The monoisotopic (exact) mass is 383 g/mol. The van der Waals surface area contributed by atoms with Crippen molar-refractivity contribution in [3.63, 3.8) is 0 Å². The van der Waals surface area contributed by atoms with Gasteiger partial charge in [-0.05, 0) is 37.1 Å². The number of para-hydroxylation sites is 1. The summed E-state index contributed by atoms with van der Waals surface area (Å²) in [5.74, 6) is 0. The molecule has 0 saturated carbocycles. The Morgan fingerprint density at radius 3 is 2.48 bits per heavy atom. The van der Waals surface area contributed by atoms with Gasteiger partial charge in [-0.1, -0.05) is 59.2 Å². The van der Waals surface area contributed by atoms with E-state index < -0.39 is 0 Å². The first-order valence-corrected chi connectivity index (χ1v) is 10.2. The van der Waals surface area contributed by atoms with Crippen molar-refractivity contribution in [3.8, 4) is 0 Å². The third-order valence-electron chi connectivity index (χ3n) is 5.41. The molecular formula is C22H26ClN3O. The molecule has 2 aromatic rings. The van der Waals surface area contributed by atoms with E-state index in [0.29, 0.717) is 0 Å². The van der Waals surface area contributed by atoms with Crippen LogP contribution in [-0.4, -0.2) is 49.4 Å². The highest BCUT2D eigenvalue weighted by molar-refractivity contribution is 6.33. The second kappa shape index (κ2) is 8.77. The number of anilines is 1. The highest BCUT2D eigenvalue weighted by Gasteiger charge is 2.23. The van der Waals surface area contributed by atoms with Crippen molar-refractivity contribution in [2.75, 3.05) is 37.6 Å². The quantitative estimate of drug-likeness (QED) is 0.738. The fraction of sp³-hybridized carbons (Fsp3) is 0.409. The van der Waals surface area contributed by atoms with E-state index in [1.54, 1.807) is 0 Å². The molecule has 1 saturated heterocycles. The third kappa shape index (κ3) is 4.63. The second-order valence-corrected chi connectivity index (χ2v) is 7.67. The van der Waals surface area contributed by atoms with Crippen molar-refractivity contribution in [1.82, 2.24) is 4.90 Å². The van der Waals surface area contributed by atoms with Crippen LogP contribution in [0.4, 0.5) is 5.69 Å². The lowest BCUT2D eigenvalue weighted by Gasteiger charge is -2.36. The van der Waals surface area contributed by atoms with Gasteiger partial charge in [-0.3, -0.25) is 4.90 Å². The van der Waals surface area contributed by atoms with Crippen LogP contribution >= 0.6 is 11.6 Å². The zero-order valence-corrected chi connectivity index (χ0v) is 16.3. The first-order chi connectivity index (χ1) is 13.3. The molecule has 142 valence electrons. The first-order valence-electron chi connectivity index (χ1n) is 9.79. The maximum absolute atomic E-state index is 6.33. The van der Waals surface area contributed by atoms with Crippen LogP contribution in [0.25, 0.3) is 0 Å². The number of rotatable bonds is 6. The lowest BCUT2D eigenvalue weighted by molar-refractivity contribution is 0.0745. The average Bonchev–Trinajstić information content (AvgIpc) is 3.19. The molecule has 0 bridgehead atoms. The van der Waals surface area contributed by atoms with Crippen LogP contribution < -0.4 is 4.90 Å². The summed E-state index contributed by atoms with van der Waals surface area (Å²) in [5, 5.41) is 5.13. The van der Waals surface area contributed by atoms with Crippen LogP contribution in [0.2, 0.25) is 5.02 Å². The van der Waals surface area contributed by atoms with Crippen molar-refractivity contribution in [1.29, 1.82) is 0 Å². The molecule has 27 heavy (non-hydrogen) atoms. The summed E-state index contributed by atoms with van der Waals surface area (Å²) in [6, 6.07) is 18.5. The molecule has 0 radical (unpaired) electrons. The van der Waals surface area contributed by atoms with Crippen LogP contribution in [0.1, 0.15) is 24.8 Å². The molecule has 1 atom stereocenters. The van der Waals surface area contributed by atoms with Crippen molar-refractivity contribution in [2.24, 2.45) is 5.16 Å². The minimum atomic E-state index is 0.227. The van der Waals surface area contributed by atoms with Gasteiger partial charge < -0.3 is 9.74 Å². The molecule has 0 aliphatic carbocycles. The van der Waals surface area contributed by atoms with E-state index in [1.165, 1.54) is 5.56 Å². The SMILES string of the molecule is Clc1ccccc1N1CCN(CCCC2CC(c3ccccc3)=NO2)CC1. The molecule has 5 heteroatoms. The summed E-state index contributed by atoms with van der Waals surface area (Å²) < 4.78 is 0. The number of hydrogen-bond acceptors (Lipinski definition) is 4. The molecular weight excluding hydrogens is 358 g/mol. The van der Waals surface area contributed by atoms with Gasteiger partial charge in [0.05, 0.1) is 16.4 Å². The van der Waals surface area contributed by atoms with Gasteiger partial charge in [0.15, 0.2) is 0 Å². The zero-order chi connectivity index (χ0) is 18.5. The molecule has 1 unspecified atom stereocenters. The number of hydrogen-bond donors (Lipinski definition) is 0. The lowest BCUT2D eigenvalue weighted by Crippen LogP contribution is -2.46. The molecule has 0 amide bonds. The Hall–Kier alpha value is -2.04. The minimum absolute atomic E-state index is 0.227. The summed E-state index contributed by atoms with van der Waals surface area (Å²) in [6.07, 6.45) is 3.35. The first kappa shape index (κ1) is 18.3. The topological polar surface area (TPSA) is 28.1 Å². The van der Waals surface area contributed by atoms with E-state index in [2.05, 4.69) is 39.2 Å². The van der Waals surface area contributed by atoms with Crippen LogP contribution in [0.15, 0.2) is 59.8 Å². The van der Waals surface area contributed by atoms with Gasteiger partial charge in [-0.25, -0.2) is 0 Å². The van der Waals surface area contributed by atoms with Crippen molar-refractivity contribution < 1.29 is 4.84 Å². The summed E-state index contributed by atoms with van der Waals surface area (Å²) in [4.78, 5) is 10.6. The van der Waals surface area contributed by atoms with Gasteiger partial charge in [-0.15, -0.1) is 0 Å². The number of nitrogens with zero attached hydrogens (tertiary/aromatic N) is 3. The molecule has 0 N–H and O–H groups in total. The van der Waals surface area contributed by atoms with E-state index in [9.17, 15) is 0 Å². The molecule has 4 nitrogen and oxygen atoms in total. The Kier molecular flexibility index (Phi) is 5.95. The Morgan fingerprint density at radius 1 is 0.963 bits per heavy atom. The fourth-order valence-corrected chi connectivity index (χ4v) is 4.10. The van der Waals surface area contributed by atoms with E-state index in [-0.39, 0.29) is 6.10 Å². The van der Waals surface area contributed by atoms with E-state index in [4.69, 9.17) is 16.4 Å². The minimum Gasteiger partial charge on any atom is -0.392 e. The van der Waals surface area contributed by atoms with Crippen molar-refractivity contribution >= 4 is 23.0 Å². The third-order valence-corrected chi connectivity index (χ3v) is 5.73. The highest BCUT2D eigenvalue weighted by atomic mass is 35.5. The van der Waals surface area contributed by atoms with Crippen LogP contribution in [0, 0.1) is 0 Å². The van der Waals surface area contributed by atoms with Gasteiger partial charge in [0, 0.05) is 32.6 Å². The number of piperazine rings is 1. The largest absolute Gasteiger partial charge is 0.392 e. The second-order valence-electron chi connectivity index (χ2n) is 7.26. The Balaban J connectivity index is 1.17. The van der Waals surface area contributed by atoms with Gasteiger partial charge in [0.2, 0.25) is 0 Å². The molecule has 2 aromatic carbocycles. The Morgan fingerprint density at radius 2 is 1.70 bits per heavy atom. The van der Waals surface area contributed by atoms with Crippen LogP contribution in [0.3, 0.4) is 0 Å². The normalized spacial score (nSPS) is 20.4. The van der Waals surface area contributed by atoms with Crippen molar-refractivity contribution in [2.45, 2.75) is 25.4 Å². The van der Waals surface area contributed by atoms with Gasteiger partial charge in [0.25, 0.3) is 0 Å².